The van der Waals surface area contributed by atoms with Crippen molar-refractivity contribution in [2.75, 3.05) is 19.7 Å². The van der Waals surface area contributed by atoms with Gasteiger partial charge in [-0.15, -0.1) is 0 Å². The smallest absolute Gasteiger partial charge is 0.253 e. The molecule has 5 heteroatoms. The van der Waals surface area contributed by atoms with Crippen LogP contribution in [0.4, 0.5) is 0 Å². The largest absolute Gasteiger partial charge is 0.384 e. The monoisotopic (exact) mass is 285 g/mol. The lowest BCUT2D eigenvalue weighted by molar-refractivity contribution is 0.0929. The molecule has 2 atom stereocenters. The molecular formula is C16H19N3O2. The van der Waals surface area contributed by atoms with Crippen LogP contribution >= 0.6 is 0 Å². The van der Waals surface area contributed by atoms with E-state index in [-0.39, 0.29) is 18.6 Å². The van der Waals surface area contributed by atoms with E-state index >= 15 is 0 Å². The number of carbonyl (C=O) groups excluding carboxylic acids is 1. The summed E-state index contributed by atoms with van der Waals surface area (Å²) >= 11 is 0. The first kappa shape index (κ1) is 14.1. The molecule has 3 heterocycles. The summed E-state index contributed by atoms with van der Waals surface area (Å²) in [6, 6.07) is 2.46. The molecule has 2 aliphatic heterocycles. The maximum absolute atomic E-state index is 12.3. The summed E-state index contributed by atoms with van der Waals surface area (Å²) < 4.78 is 0. The number of aliphatic hydroxyl groups excluding tert-OH is 1. The van der Waals surface area contributed by atoms with Crippen LogP contribution in [0.3, 0.4) is 0 Å². The average Bonchev–Trinajstić information content (AvgIpc) is 3.10. The van der Waals surface area contributed by atoms with Crippen LogP contribution in [0.15, 0.2) is 18.5 Å². The fourth-order valence-electron chi connectivity index (χ4n) is 3.28. The molecule has 0 aliphatic carbocycles. The molecule has 0 bridgehead atoms. The van der Waals surface area contributed by atoms with Crippen LogP contribution in [0.25, 0.3) is 0 Å². The van der Waals surface area contributed by atoms with Gasteiger partial charge < -0.3 is 10.4 Å². The SMILES string of the molecule is O=C(NC1CCN2CCCC12)c1cncc(C#CCO)c1. The van der Waals surface area contributed by atoms with E-state index in [0.717, 1.165) is 19.5 Å². The van der Waals surface area contributed by atoms with E-state index < -0.39 is 0 Å². The molecule has 0 aromatic carbocycles. The van der Waals surface area contributed by atoms with Crippen molar-refractivity contribution in [1.82, 2.24) is 15.2 Å². The predicted octanol–water partition coefficient (Wildman–Crippen LogP) is 0.392. The number of aromatic nitrogens is 1. The van der Waals surface area contributed by atoms with Gasteiger partial charge in [-0.3, -0.25) is 14.7 Å². The Morgan fingerprint density at radius 3 is 3.19 bits per heavy atom. The summed E-state index contributed by atoms with van der Waals surface area (Å²) in [6.45, 7) is 2.04. The molecule has 0 saturated carbocycles. The number of hydrogen-bond acceptors (Lipinski definition) is 4. The molecule has 2 aliphatic rings. The highest BCUT2D eigenvalue weighted by atomic mass is 16.2. The van der Waals surface area contributed by atoms with Gasteiger partial charge in [0.05, 0.1) is 5.56 Å². The van der Waals surface area contributed by atoms with Gasteiger partial charge in [-0.1, -0.05) is 11.8 Å². The Labute approximate surface area is 124 Å². The van der Waals surface area contributed by atoms with Gasteiger partial charge in [0.25, 0.3) is 5.91 Å². The van der Waals surface area contributed by atoms with E-state index in [2.05, 4.69) is 27.0 Å². The third kappa shape index (κ3) is 3.07. The Morgan fingerprint density at radius 1 is 1.43 bits per heavy atom. The molecule has 110 valence electrons. The number of rotatable bonds is 2. The van der Waals surface area contributed by atoms with Crippen molar-refractivity contribution in [3.63, 3.8) is 0 Å². The minimum absolute atomic E-state index is 0.0890. The second kappa shape index (κ2) is 6.25. The van der Waals surface area contributed by atoms with Gasteiger partial charge >= 0.3 is 0 Å². The standard InChI is InChI=1S/C16H19N3O2/c20-8-2-3-12-9-13(11-17-10-12)16(21)18-14-5-7-19-6-1-4-15(14)19/h9-11,14-15,20H,1,4-8H2,(H,18,21). The molecule has 2 fully saturated rings. The van der Waals surface area contributed by atoms with Crippen LogP contribution in [0.2, 0.25) is 0 Å². The highest BCUT2D eigenvalue weighted by Gasteiger charge is 2.37. The van der Waals surface area contributed by atoms with Crippen molar-refractivity contribution < 1.29 is 9.90 Å². The highest BCUT2D eigenvalue weighted by molar-refractivity contribution is 5.94. The minimum atomic E-state index is -0.198. The molecule has 0 radical (unpaired) electrons. The Hall–Kier alpha value is -1.90. The highest BCUT2D eigenvalue weighted by Crippen LogP contribution is 2.28. The van der Waals surface area contributed by atoms with Gasteiger partial charge in [0, 0.05) is 36.6 Å². The first-order valence-corrected chi connectivity index (χ1v) is 7.37. The summed E-state index contributed by atoms with van der Waals surface area (Å²) in [5.41, 5.74) is 1.17. The van der Waals surface area contributed by atoms with Crippen LogP contribution < -0.4 is 5.32 Å². The van der Waals surface area contributed by atoms with Gasteiger partial charge in [-0.2, -0.15) is 0 Å². The van der Waals surface area contributed by atoms with E-state index in [0.29, 0.717) is 17.2 Å². The third-order valence-corrected chi connectivity index (χ3v) is 4.23. The van der Waals surface area contributed by atoms with E-state index in [1.165, 1.54) is 12.8 Å². The van der Waals surface area contributed by atoms with Gasteiger partial charge in [0.2, 0.25) is 0 Å². The second-order valence-electron chi connectivity index (χ2n) is 5.54. The summed E-state index contributed by atoms with van der Waals surface area (Å²) in [5.74, 6) is 5.24. The second-order valence-corrected chi connectivity index (χ2v) is 5.54. The van der Waals surface area contributed by atoms with Crippen molar-refractivity contribution in [2.45, 2.75) is 31.3 Å². The van der Waals surface area contributed by atoms with Crippen molar-refractivity contribution in [2.24, 2.45) is 0 Å². The Morgan fingerprint density at radius 2 is 2.33 bits per heavy atom. The molecule has 3 rings (SSSR count). The quantitative estimate of drug-likeness (QED) is 0.772. The number of nitrogens with zero attached hydrogens (tertiary/aromatic N) is 2. The zero-order valence-electron chi connectivity index (χ0n) is 11.9. The van der Waals surface area contributed by atoms with Crippen molar-refractivity contribution in [3.8, 4) is 11.8 Å². The zero-order valence-corrected chi connectivity index (χ0v) is 11.9. The number of fused-ring (bicyclic) bond motifs is 1. The molecule has 21 heavy (non-hydrogen) atoms. The number of carbonyl (C=O) groups is 1. The van der Waals surface area contributed by atoms with Crippen LogP contribution in [-0.2, 0) is 0 Å². The summed E-state index contributed by atoms with van der Waals surface area (Å²) in [6.07, 6.45) is 6.57. The molecule has 1 amide bonds. The minimum Gasteiger partial charge on any atom is -0.384 e. The van der Waals surface area contributed by atoms with E-state index in [9.17, 15) is 4.79 Å². The van der Waals surface area contributed by atoms with E-state index in [1.807, 2.05) is 0 Å². The lowest BCUT2D eigenvalue weighted by Crippen LogP contribution is -2.42. The number of amides is 1. The normalized spacial score (nSPS) is 24.2. The van der Waals surface area contributed by atoms with Crippen LogP contribution in [0, 0.1) is 11.8 Å². The van der Waals surface area contributed by atoms with Gasteiger partial charge in [0.15, 0.2) is 0 Å². The zero-order chi connectivity index (χ0) is 14.7. The number of hydrogen-bond donors (Lipinski definition) is 2. The van der Waals surface area contributed by atoms with E-state index in [1.54, 1.807) is 18.5 Å². The van der Waals surface area contributed by atoms with Gasteiger partial charge in [-0.25, -0.2) is 0 Å². The predicted molar refractivity (Wildman–Crippen MR) is 78.7 cm³/mol. The summed E-state index contributed by atoms with van der Waals surface area (Å²) in [7, 11) is 0. The third-order valence-electron chi connectivity index (χ3n) is 4.23. The summed E-state index contributed by atoms with van der Waals surface area (Å²) in [5, 5.41) is 11.8. The molecule has 2 unspecified atom stereocenters. The Balaban J connectivity index is 1.68. The van der Waals surface area contributed by atoms with Crippen molar-refractivity contribution in [3.05, 3.63) is 29.6 Å². The van der Waals surface area contributed by atoms with Gasteiger partial charge in [-0.05, 0) is 31.9 Å². The number of pyridine rings is 1. The number of aliphatic hydroxyl groups is 1. The number of nitrogens with one attached hydrogen (secondary N) is 1. The van der Waals surface area contributed by atoms with Crippen LogP contribution in [-0.4, -0.2) is 52.7 Å². The molecular weight excluding hydrogens is 266 g/mol. The average molecular weight is 285 g/mol. The Kier molecular flexibility index (Phi) is 4.18. The topological polar surface area (TPSA) is 65.5 Å². The maximum atomic E-state index is 12.3. The fourth-order valence-corrected chi connectivity index (χ4v) is 3.28. The molecule has 2 saturated heterocycles. The lowest BCUT2D eigenvalue weighted by atomic mass is 10.1. The van der Waals surface area contributed by atoms with Crippen LogP contribution in [0.1, 0.15) is 35.2 Å². The van der Waals surface area contributed by atoms with Crippen molar-refractivity contribution >= 4 is 5.91 Å². The van der Waals surface area contributed by atoms with Crippen molar-refractivity contribution in [1.29, 1.82) is 0 Å². The van der Waals surface area contributed by atoms with Crippen LogP contribution in [0.5, 0.6) is 0 Å². The molecule has 1 aromatic heterocycles. The maximum Gasteiger partial charge on any atom is 0.253 e. The molecule has 2 N–H and O–H groups in total. The molecule has 5 nitrogen and oxygen atoms in total. The van der Waals surface area contributed by atoms with Gasteiger partial charge in [0.1, 0.15) is 6.61 Å². The first-order valence-electron chi connectivity index (χ1n) is 7.37. The molecule has 1 aromatic rings. The lowest BCUT2D eigenvalue weighted by Gasteiger charge is -2.21. The van der Waals surface area contributed by atoms with E-state index in [4.69, 9.17) is 5.11 Å². The summed E-state index contributed by atoms with van der Waals surface area (Å²) in [4.78, 5) is 18.9. The Bertz CT molecular complexity index is 591. The molecule has 0 spiro atoms. The first-order chi connectivity index (χ1) is 10.3. The fraction of sp³-hybridized carbons (Fsp3) is 0.500.